The number of fused-ring (bicyclic) bond motifs is 1. The first-order valence-electron chi connectivity index (χ1n) is 6.13. The Labute approximate surface area is 110 Å². The van der Waals surface area contributed by atoms with Crippen LogP contribution in [0.4, 0.5) is 5.95 Å². The number of aryl methyl sites for hydroxylation is 2. The van der Waals surface area contributed by atoms with Gasteiger partial charge in [-0.3, -0.25) is 0 Å². The molecule has 3 rings (SSSR count). The van der Waals surface area contributed by atoms with Gasteiger partial charge in [-0.2, -0.15) is 0 Å². The summed E-state index contributed by atoms with van der Waals surface area (Å²) in [4.78, 5) is 18.8. The molecule has 96 valence electrons. The first-order valence-corrected chi connectivity index (χ1v) is 6.13. The Hall–Kier alpha value is -2.43. The van der Waals surface area contributed by atoms with Crippen molar-refractivity contribution in [3.05, 3.63) is 41.1 Å². The van der Waals surface area contributed by atoms with E-state index in [9.17, 15) is 4.79 Å². The van der Waals surface area contributed by atoms with E-state index in [1.807, 2.05) is 6.07 Å². The van der Waals surface area contributed by atoms with Crippen molar-refractivity contribution in [3.63, 3.8) is 0 Å². The lowest BCUT2D eigenvalue weighted by Gasteiger charge is -2.06. The number of aromatic nitrogens is 2. The van der Waals surface area contributed by atoms with E-state index < -0.39 is 5.97 Å². The fraction of sp³-hybridized carbons (Fsp3) is 0.214. The van der Waals surface area contributed by atoms with E-state index in [4.69, 9.17) is 10.8 Å². The van der Waals surface area contributed by atoms with Gasteiger partial charge in [0.15, 0.2) is 5.69 Å². The minimum absolute atomic E-state index is 0.0181. The van der Waals surface area contributed by atoms with E-state index in [0.29, 0.717) is 5.69 Å². The zero-order valence-electron chi connectivity index (χ0n) is 10.3. The Morgan fingerprint density at radius 3 is 2.74 bits per heavy atom. The number of nitrogens with two attached hydrogens (primary N) is 1. The molecule has 0 saturated heterocycles. The molecule has 19 heavy (non-hydrogen) atoms. The number of nitrogens with zero attached hydrogens (tertiary/aromatic N) is 2. The van der Waals surface area contributed by atoms with E-state index in [2.05, 4.69) is 22.1 Å². The third-order valence-corrected chi connectivity index (χ3v) is 3.36. The molecule has 5 heteroatoms. The zero-order chi connectivity index (χ0) is 13.4. The second-order valence-corrected chi connectivity index (χ2v) is 4.64. The predicted octanol–water partition coefficient (Wildman–Crippen LogP) is 1.91. The van der Waals surface area contributed by atoms with Gasteiger partial charge in [-0.05, 0) is 42.5 Å². The number of hydrogen-bond acceptors (Lipinski definition) is 4. The lowest BCUT2D eigenvalue weighted by Crippen LogP contribution is -2.06. The van der Waals surface area contributed by atoms with E-state index in [1.165, 1.54) is 23.6 Å². The van der Waals surface area contributed by atoms with Crippen LogP contribution in [0, 0.1) is 0 Å². The summed E-state index contributed by atoms with van der Waals surface area (Å²) in [5.74, 6) is -1.12. The molecule has 0 fully saturated rings. The highest BCUT2D eigenvalue weighted by Crippen LogP contribution is 2.27. The number of benzene rings is 1. The van der Waals surface area contributed by atoms with Crippen LogP contribution in [0.1, 0.15) is 28.0 Å². The van der Waals surface area contributed by atoms with Crippen LogP contribution in [0.15, 0.2) is 24.3 Å². The quantitative estimate of drug-likeness (QED) is 0.855. The van der Waals surface area contributed by atoms with Gasteiger partial charge in [0.2, 0.25) is 5.95 Å². The zero-order valence-corrected chi connectivity index (χ0v) is 10.3. The summed E-state index contributed by atoms with van der Waals surface area (Å²) in [6.07, 6.45) is 3.35. The highest BCUT2D eigenvalue weighted by molar-refractivity contribution is 5.87. The van der Waals surface area contributed by atoms with Gasteiger partial charge in [0.1, 0.15) is 0 Å². The molecule has 2 aromatic rings. The van der Waals surface area contributed by atoms with Crippen LogP contribution in [0.25, 0.3) is 11.3 Å². The van der Waals surface area contributed by atoms with Crippen LogP contribution in [0.2, 0.25) is 0 Å². The Balaban J connectivity index is 2.09. The Kier molecular flexibility index (Phi) is 2.67. The smallest absolute Gasteiger partial charge is 0.354 e. The number of carbonyl (C=O) groups is 1. The molecule has 0 radical (unpaired) electrons. The van der Waals surface area contributed by atoms with Crippen molar-refractivity contribution in [1.82, 2.24) is 9.97 Å². The van der Waals surface area contributed by atoms with Gasteiger partial charge in [0.05, 0.1) is 5.69 Å². The number of anilines is 1. The van der Waals surface area contributed by atoms with Gasteiger partial charge < -0.3 is 10.8 Å². The van der Waals surface area contributed by atoms with Gasteiger partial charge in [-0.15, -0.1) is 0 Å². The van der Waals surface area contributed by atoms with Crippen molar-refractivity contribution in [3.8, 4) is 11.3 Å². The summed E-state index contributed by atoms with van der Waals surface area (Å²) in [5, 5.41) is 8.99. The molecule has 3 N–H and O–H groups in total. The lowest BCUT2D eigenvalue weighted by atomic mass is 10.0. The fourth-order valence-electron chi connectivity index (χ4n) is 2.45. The Morgan fingerprint density at radius 1 is 1.16 bits per heavy atom. The minimum atomic E-state index is -1.10. The molecule has 0 spiro atoms. The molecule has 0 saturated carbocycles. The first kappa shape index (κ1) is 11.6. The van der Waals surface area contributed by atoms with Crippen molar-refractivity contribution in [2.45, 2.75) is 19.3 Å². The largest absolute Gasteiger partial charge is 0.477 e. The topological polar surface area (TPSA) is 89.1 Å². The second-order valence-electron chi connectivity index (χ2n) is 4.64. The van der Waals surface area contributed by atoms with E-state index >= 15 is 0 Å². The number of carboxylic acids is 1. The summed E-state index contributed by atoms with van der Waals surface area (Å²) in [5.41, 5.74) is 9.60. The molecular formula is C14H13N3O2. The van der Waals surface area contributed by atoms with E-state index in [1.54, 1.807) is 0 Å². The summed E-state index contributed by atoms with van der Waals surface area (Å²) in [7, 11) is 0. The molecule has 1 aliphatic rings. The average molecular weight is 255 g/mol. The van der Waals surface area contributed by atoms with Gasteiger partial charge >= 0.3 is 5.97 Å². The van der Waals surface area contributed by atoms with Crippen LogP contribution < -0.4 is 5.73 Å². The monoisotopic (exact) mass is 255 g/mol. The van der Waals surface area contributed by atoms with Gasteiger partial charge in [-0.1, -0.05) is 12.1 Å². The number of carboxylic acid groups (broad SMARTS) is 1. The molecule has 1 aromatic carbocycles. The molecule has 5 nitrogen and oxygen atoms in total. The number of aromatic carboxylic acids is 1. The molecule has 0 amide bonds. The van der Waals surface area contributed by atoms with Crippen molar-refractivity contribution in [2.24, 2.45) is 0 Å². The predicted molar refractivity (Wildman–Crippen MR) is 70.9 cm³/mol. The van der Waals surface area contributed by atoms with Gasteiger partial charge in [0, 0.05) is 5.56 Å². The maximum atomic E-state index is 11.0. The molecule has 0 bridgehead atoms. The SMILES string of the molecule is Nc1nc(C(=O)O)cc(-c2ccc3c(c2)CCC3)n1. The Morgan fingerprint density at radius 2 is 1.95 bits per heavy atom. The third-order valence-electron chi connectivity index (χ3n) is 3.36. The van der Waals surface area contributed by atoms with Crippen LogP contribution in [-0.2, 0) is 12.8 Å². The number of rotatable bonds is 2. The fourth-order valence-corrected chi connectivity index (χ4v) is 2.45. The van der Waals surface area contributed by atoms with Gasteiger partial charge in [0.25, 0.3) is 0 Å². The Bertz CT molecular complexity index is 668. The van der Waals surface area contributed by atoms with Crippen molar-refractivity contribution in [1.29, 1.82) is 0 Å². The average Bonchev–Trinajstić information content (AvgIpc) is 2.85. The summed E-state index contributed by atoms with van der Waals surface area (Å²) in [6, 6.07) is 7.55. The number of hydrogen-bond donors (Lipinski definition) is 2. The summed E-state index contributed by atoms with van der Waals surface area (Å²) in [6.45, 7) is 0. The van der Waals surface area contributed by atoms with Crippen LogP contribution in [0.3, 0.4) is 0 Å². The highest BCUT2D eigenvalue weighted by atomic mass is 16.4. The molecule has 1 heterocycles. The molecule has 1 aromatic heterocycles. The number of nitrogen functional groups attached to an aromatic ring is 1. The maximum Gasteiger partial charge on any atom is 0.354 e. The summed E-state index contributed by atoms with van der Waals surface area (Å²) >= 11 is 0. The van der Waals surface area contributed by atoms with Crippen molar-refractivity contribution in [2.75, 3.05) is 5.73 Å². The summed E-state index contributed by atoms with van der Waals surface area (Å²) < 4.78 is 0. The van der Waals surface area contributed by atoms with Crippen molar-refractivity contribution < 1.29 is 9.90 Å². The third kappa shape index (κ3) is 2.14. The molecule has 0 unspecified atom stereocenters. The molecule has 1 aliphatic carbocycles. The lowest BCUT2D eigenvalue weighted by molar-refractivity contribution is 0.0690. The second kappa shape index (κ2) is 4.35. The minimum Gasteiger partial charge on any atom is -0.477 e. The maximum absolute atomic E-state index is 11.0. The van der Waals surface area contributed by atoms with Gasteiger partial charge in [-0.25, -0.2) is 14.8 Å². The first-order chi connectivity index (χ1) is 9.13. The van der Waals surface area contributed by atoms with Crippen LogP contribution in [-0.4, -0.2) is 21.0 Å². The van der Waals surface area contributed by atoms with E-state index in [0.717, 1.165) is 18.4 Å². The highest BCUT2D eigenvalue weighted by Gasteiger charge is 2.14. The molecule has 0 aliphatic heterocycles. The normalized spacial score (nSPS) is 13.3. The molecular weight excluding hydrogens is 242 g/mol. The van der Waals surface area contributed by atoms with Crippen LogP contribution >= 0.6 is 0 Å². The van der Waals surface area contributed by atoms with Crippen molar-refractivity contribution >= 4 is 11.9 Å². The molecule has 0 atom stereocenters. The standard InChI is InChI=1S/C14H13N3O2/c15-14-16-11(7-12(17-14)13(18)19)10-5-4-8-2-1-3-9(8)6-10/h4-7H,1-3H2,(H,18,19)(H2,15,16,17). The van der Waals surface area contributed by atoms with E-state index in [-0.39, 0.29) is 11.6 Å². The van der Waals surface area contributed by atoms with Crippen LogP contribution in [0.5, 0.6) is 0 Å².